The standard InChI is InChI=1S/C13H16F5N5O3/c1-22-9(8(6-20-22)23(25)26)12(21-11(24)13(16,17)18)3-5-19-4-2-7(12)10(14)15/h6-7,10,19H,2-5H2,1H3,(H,21,24)/t7?,12-/m1/s1. The van der Waals surface area contributed by atoms with Crippen molar-refractivity contribution < 1.29 is 31.7 Å². The van der Waals surface area contributed by atoms with Gasteiger partial charge in [-0.1, -0.05) is 0 Å². The van der Waals surface area contributed by atoms with Gasteiger partial charge in [0.1, 0.15) is 11.9 Å². The number of nitrogens with one attached hydrogen (secondary N) is 2. The average molecular weight is 385 g/mol. The van der Waals surface area contributed by atoms with Crippen LogP contribution < -0.4 is 10.6 Å². The van der Waals surface area contributed by atoms with E-state index in [2.05, 4.69) is 10.4 Å². The lowest BCUT2D eigenvalue weighted by molar-refractivity contribution is -0.386. The minimum absolute atomic E-state index is 0.0241. The third-order valence-corrected chi connectivity index (χ3v) is 4.40. The Balaban J connectivity index is 2.70. The van der Waals surface area contributed by atoms with E-state index in [-0.39, 0.29) is 19.5 Å². The molecule has 0 spiro atoms. The summed E-state index contributed by atoms with van der Waals surface area (Å²) in [4.78, 5) is 22.0. The van der Waals surface area contributed by atoms with Crippen LogP contribution in [0, 0.1) is 16.0 Å². The third-order valence-electron chi connectivity index (χ3n) is 4.40. The predicted octanol–water partition coefficient (Wildman–Crippen LogP) is 1.47. The maximum atomic E-state index is 13.7. The lowest BCUT2D eigenvalue weighted by Gasteiger charge is -2.39. The van der Waals surface area contributed by atoms with Crippen molar-refractivity contribution in [1.82, 2.24) is 20.4 Å². The summed E-state index contributed by atoms with van der Waals surface area (Å²) in [7, 11) is 1.19. The van der Waals surface area contributed by atoms with E-state index < -0.39 is 52.7 Å². The number of amides is 1. The van der Waals surface area contributed by atoms with Crippen molar-refractivity contribution in [2.75, 3.05) is 13.1 Å². The zero-order chi connectivity index (χ0) is 19.7. The normalized spacial score (nSPS) is 24.3. The SMILES string of the molecule is Cn1ncc([N+](=O)[O-])c1[C@@]1(NC(=O)C(F)(F)F)CCNCCC1C(F)F. The molecule has 0 radical (unpaired) electrons. The number of nitrogens with zero attached hydrogens (tertiary/aromatic N) is 3. The molecule has 0 aliphatic carbocycles. The Bertz CT molecular complexity index is 692. The number of carbonyl (C=O) groups excluding carboxylic acids is 1. The van der Waals surface area contributed by atoms with E-state index in [9.17, 15) is 36.9 Å². The smallest absolute Gasteiger partial charge is 0.336 e. The molecule has 146 valence electrons. The van der Waals surface area contributed by atoms with Crippen LogP contribution in [0.4, 0.5) is 27.6 Å². The van der Waals surface area contributed by atoms with Gasteiger partial charge in [-0.3, -0.25) is 19.6 Å². The number of aryl methyl sites for hydroxylation is 1. The van der Waals surface area contributed by atoms with E-state index in [4.69, 9.17) is 0 Å². The second kappa shape index (κ2) is 7.13. The maximum absolute atomic E-state index is 13.7. The number of aromatic nitrogens is 2. The molecule has 13 heteroatoms. The summed E-state index contributed by atoms with van der Waals surface area (Å²) in [5.41, 5.74) is -3.53. The van der Waals surface area contributed by atoms with Gasteiger partial charge in [0, 0.05) is 7.05 Å². The van der Waals surface area contributed by atoms with Gasteiger partial charge in [0.05, 0.1) is 16.4 Å². The van der Waals surface area contributed by atoms with Crippen LogP contribution in [0.15, 0.2) is 6.20 Å². The first-order valence-electron chi connectivity index (χ1n) is 7.55. The van der Waals surface area contributed by atoms with Crippen molar-refractivity contribution >= 4 is 11.6 Å². The van der Waals surface area contributed by atoms with Crippen molar-refractivity contribution in [3.05, 3.63) is 22.0 Å². The second-order valence-corrected chi connectivity index (χ2v) is 5.91. The minimum Gasteiger partial charge on any atom is -0.336 e. The molecular weight excluding hydrogens is 369 g/mol. The van der Waals surface area contributed by atoms with Gasteiger partial charge in [0.2, 0.25) is 6.43 Å². The van der Waals surface area contributed by atoms with Crippen molar-refractivity contribution in [2.45, 2.75) is 31.0 Å². The Morgan fingerprint density at radius 2 is 2.15 bits per heavy atom. The van der Waals surface area contributed by atoms with E-state index in [1.807, 2.05) is 0 Å². The predicted molar refractivity (Wildman–Crippen MR) is 77.3 cm³/mol. The lowest BCUT2D eigenvalue weighted by Crippen LogP contribution is -2.57. The molecule has 1 amide bonds. The first-order valence-corrected chi connectivity index (χ1v) is 7.55. The summed E-state index contributed by atoms with van der Waals surface area (Å²) in [5.74, 6) is -4.22. The van der Waals surface area contributed by atoms with Gasteiger partial charge in [0.15, 0.2) is 0 Å². The Hall–Kier alpha value is -2.31. The van der Waals surface area contributed by atoms with Gasteiger partial charge in [-0.15, -0.1) is 0 Å². The molecule has 1 fully saturated rings. The molecular formula is C13H16F5N5O3. The average Bonchev–Trinajstić information content (AvgIpc) is 2.78. The fourth-order valence-electron chi connectivity index (χ4n) is 3.30. The molecule has 2 heterocycles. The van der Waals surface area contributed by atoms with Gasteiger partial charge in [0.25, 0.3) is 0 Å². The fraction of sp³-hybridized carbons (Fsp3) is 0.692. The zero-order valence-electron chi connectivity index (χ0n) is 13.5. The van der Waals surface area contributed by atoms with Crippen LogP contribution in [-0.4, -0.2) is 46.3 Å². The van der Waals surface area contributed by atoms with Crippen molar-refractivity contribution in [3.63, 3.8) is 0 Å². The van der Waals surface area contributed by atoms with Crippen LogP contribution in [0.3, 0.4) is 0 Å². The number of hydrogen-bond donors (Lipinski definition) is 2. The molecule has 1 unspecified atom stereocenters. The zero-order valence-corrected chi connectivity index (χ0v) is 13.5. The lowest BCUT2D eigenvalue weighted by atomic mass is 9.76. The Labute approximate surface area is 143 Å². The fourth-order valence-corrected chi connectivity index (χ4v) is 3.30. The number of carbonyl (C=O) groups is 1. The van der Waals surface area contributed by atoms with E-state index in [0.717, 1.165) is 10.9 Å². The highest BCUT2D eigenvalue weighted by Gasteiger charge is 2.55. The van der Waals surface area contributed by atoms with E-state index in [0.29, 0.717) is 0 Å². The van der Waals surface area contributed by atoms with Crippen molar-refractivity contribution in [2.24, 2.45) is 13.0 Å². The molecule has 1 aromatic rings. The molecule has 2 atom stereocenters. The largest absolute Gasteiger partial charge is 0.471 e. The van der Waals surface area contributed by atoms with Gasteiger partial charge in [-0.05, 0) is 25.9 Å². The third kappa shape index (κ3) is 3.61. The van der Waals surface area contributed by atoms with Gasteiger partial charge in [-0.25, -0.2) is 8.78 Å². The van der Waals surface area contributed by atoms with Crippen LogP contribution in [0.25, 0.3) is 0 Å². The molecule has 2 rings (SSSR count). The van der Waals surface area contributed by atoms with Crippen LogP contribution >= 0.6 is 0 Å². The van der Waals surface area contributed by atoms with Crippen LogP contribution in [0.5, 0.6) is 0 Å². The monoisotopic (exact) mass is 385 g/mol. The molecule has 8 nitrogen and oxygen atoms in total. The molecule has 1 saturated heterocycles. The Morgan fingerprint density at radius 1 is 1.50 bits per heavy atom. The maximum Gasteiger partial charge on any atom is 0.471 e. The molecule has 1 aliphatic rings. The Morgan fingerprint density at radius 3 is 2.69 bits per heavy atom. The van der Waals surface area contributed by atoms with Crippen molar-refractivity contribution in [3.8, 4) is 0 Å². The number of rotatable bonds is 4. The first-order chi connectivity index (χ1) is 12.0. The number of halogens is 5. The van der Waals surface area contributed by atoms with Crippen LogP contribution in [0.2, 0.25) is 0 Å². The molecule has 2 N–H and O–H groups in total. The molecule has 0 bridgehead atoms. The minimum atomic E-state index is -5.34. The summed E-state index contributed by atoms with van der Waals surface area (Å²) >= 11 is 0. The second-order valence-electron chi connectivity index (χ2n) is 5.91. The summed E-state index contributed by atoms with van der Waals surface area (Å²) in [6.07, 6.45) is -8.40. The first kappa shape index (κ1) is 20.0. The topological polar surface area (TPSA) is 102 Å². The van der Waals surface area contributed by atoms with Crippen molar-refractivity contribution in [1.29, 1.82) is 0 Å². The number of hydrogen-bond acceptors (Lipinski definition) is 5. The molecule has 0 aromatic carbocycles. The van der Waals surface area contributed by atoms with Gasteiger partial charge < -0.3 is 10.6 Å². The summed E-state index contributed by atoms with van der Waals surface area (Å²) in [6, 6.07) is 0. The molecule has 1 aliphatic heterocycles. The van der Waals surface area contributed by atoms with Gasteiger partial charge >= 0.3 is 17.8 Å². The molecule has 1 aromatic heterocycles. The number of alkyl halides is 5. The quantitative estimate of drug-likeness (QED) is 0.464. The van der Waals surface area contributed by atoms with Crippen LogP contribution in [0.1, 0.15) is 18.5 Å². The van der Waals surface area contributed by atoms with E-state index >= 15 is 0 Å². The highest BCUT2D eigenvalue weighted by Crippen LogP contribution is 2.43. The number of nitro groups is 1. The highest BCUT2D eigenvalue weighted by molar-refractivity contribution is 5.82. The Kier molecular flexibility index (Phi) is 5.49. The molecule has 26 heavy (non-hydrogen) atoms. The summed E-state index contributed by atoms with van der Waals surface area (Å²) in [5, 5.41) is 19.3. The van der Waals surface area contributed by atoms with E-state index in [1.165, 1.54) is 7.05 Å². The summed E-state index contributed by atoms with van der Waals surface area (Å²) in [6.45, 7) is 0.0357. The van der Waals surface area contributed by atoms with Crippen LogP contribution in [-0.2, 0) is 17.4 Å². The summed E-state index contributed by atoms with van der Waals surface area (Å²) < 4.78 is 66.8. The highest BCUT2D eigenvalue weighted by atomic mass is 19.4. The molecule has 0 saturated carbocycles. The van der Waals surface area contributed by atoms with E-state index in [1.54, 1.807) is 5.32 Å². The van der Waals surface area contributed by atoms with Gasteiger partial charge in [-0.2, -0.15) is 18.3 Å².